The van der Waals surface area contributed by atoms with Crippen LogP contribution < -0.4 is 10.6 Å². The van der Waals surface area contributed by atoms with Gasteiger partial charge in [0.2, 0.25) is 11.8 Å². The van der Waals surface area contributed by atoms with E-state index in [0.717, 1.165) is 12.8 Å². The Labute approximate surface area is 145 Å². The number of likely N-dealkylation sites (tertiary alicyclic amines) is 1. The quantitative estimate of drug-likeness (QED) is 0.828. The van der Waals surface area contributed by atoms with E-state index in [9.17, 15) is 9.59 Å². The number of hydrogen-bond donors (Lipinski definition) is 2. The molecule has 6 atom stereocenters. The number of nitrogens with zero attached hydrogens (tertiary/aromatic N) is 1. The summed E-state index contributed by atoms with van der Waals surface area (Å²) in [5.74, 6) is 1.61. The van der Waals surface area contributed by atoms with Gasteiger partial charge in [0.05, 0.1) is 6.04 Å². The van der Waals surface area contributed by atoms with Crippen molar-refractivity contribution >= 4 is 11.8 Å². The van der Waals surface area contributed by atoms with Crippen LogP contribution >= 0.6 is 0 Å². The van der Waals surface area contributed by atoms with E-state index in [-0.39, 0.29) is 23.9 Å². The zero-order valence-electron chi connectivity index (χ0n) is 15.4. The van der Waals surface area contributed by atoms with Crippen LogP contribution in [0.4, 0.5) is 0 Å². The predicted octanol–water partition coefficient (Wildman–Crippen LogP) is 1.92. The van der Waals surface area contributed by atoms with Gasteiger partial charge >= 0.3 is 0 Å². The second-order valence-electron chi connectivity index (χ2n) is 8.07. The number of carbonyl (C=O) groups is 2. The summed E-state index contributed by atoms with van der Waals surface area (Å²) in [5, 5.41) is 6.09. The van der Waals surface area contributed by atoms with E-state index in [2.05, 4.69) is 10.6 Å². The van der Waals surface area contributed by atoms with E-state index in [0.29, 0.717) is 23.8 Å². The van der Waals surface area contributed by atoms with Gasteiger partial charge in [0.25, 0.3) is 0 Å². The maximum atomic E-state index is 13.2. The standard InChI is InChI=1S/C19H33N3O2/c1-12(20-2)18(23)21-17-15-10-5-4-8-13(15)14-9-6-7-11-16(14)22(3)19(17)24/h12-17,20H,4-11H2,1-3H3,(H,21,23). The smallest absolute Gasteiger partial charge is 0.245 e. The van der Waals surface area contributed by atoms with Gasteiger partial charge in [0.15, 0.2) is 0 Å². The lowest BCUT2D eigenvalue weighted by Gasteiger charge is -2.42. The number of hydrogen-bond acceptors (Lipinski definition) is 3. The summed E-state index contributed by atoms with van der Waals surface area (Å²) in [6.07, 6.45) is 9.65. The number of fused-ring (bicyclic) bond motifs is 3. The fourth-order valence-corrected chi connectivity index (χ4v) is 5.40. The maximum Gasteiger partial charge on any atom is 0.245 e. The van der Waals surface area contributed by atoms with Crippen molar-refractivity contribution in [2.24, 2.45) is 17.8 Å². The highest BCUT2D eigenvalue weighted by Gasteiger charge is 2.49. The third-order valence-corrected chi connectivity index (χ3v) is 6.87. The molecular formula is C19H33N3O2. The molecule has 0 aromatic heterocycles. The molecular weight excluding hydrogens is 302 g/mol. The van der Waals surface area contributed by atoms with Crippen molar-refractivity contribution in [3.63, 3.8) is 0 Å². The second-order valence-corrected chi connectivity index (χ2v) is 8.07. The Kier molecular flexibility index (Phi) is 5.48. The second kappa shape index (κ2) is 7.42. The summed E-state index contributed by atoms with van der Waals surface area (Å²) >= 11 is 0. The molecule has 1 saturated heterocycles. The molecule has 0 aromatic carbocycles. The molecule has 0 radical (unpaired) electrons. The van der Waals surface area contributed by atoms with Crippen LogP contribution in [0.2, 0.25) is 0 Å². The van der Waals surface area contributed by atoms with Gasteiger partial charge in [-0.3, -0.25) is 9.59 Å². The summed E-state index contributed by atoms with van der Waals surface area (Å²) in [4.78, 5) is 27.6. The van der Waals surface area contributed by atoms with E-state index in [1.807, 2.05) is 18.9 Å². The van der Waals surface area contributed by atoms with E-state index in [4.69, 9.17) is 0 Å². The van der Waals surface area contributed by atoms with Gasteiger partial charge in [-0.2, -0.15) is 0 Å². The first-order valence-corrected chi connectivity index (χ1v) is 9.79. The first-order chi connectivity index (χ1) is 11.5. The number of amides is 2. The third-order valence-electron chi connectivity index (χ3n) is 6.87. The van der Waals surface area contributed by atoms with Crippen molar-refractivity contribution < 1.29 is 9.59 Å². The van der Waals surface area contributed by atoms with Crippen molar-refractivity contribution in [2.75, 3.05) is 14.1 Å². The van der Waals surface area contributed by atoms with Crippen LogP contribution in [-0.4, -0.2) is 48.9 Å². The number of carbonyl (C=O) groups excluding carboxylic acids is 2. The van der Waals surface area contributed by atoms with Gasteiger partial charge < -0.3 is 15.5 Å². The lowest BCUT2D eigenvalue weighted by atomic mass is 9.65. The molecule has 24 heavy (non-hydrogen) atoms. The van der Waals surface area contributed by atoms with Crippen LogP contribution in [0.15, 0.2) is 0 Å². The van der Waals surface area contributed by atoms with Crippen LogP contribution in [0.1, 0.15) is 58.3 Å². The summed E-state index contributed by atoms with van der Waals surface area (Å²) in [7, 11) is 3.74. The Morgan fingerprint density at radius 1 is 1.04 bits per heavy atom. The molecule has 2 amide bonds. The zero-order valence-corrected chi connectivity index (χ0v) is 15.4. The lowest BCUT2D eigenvalue weighted by molar-refractivity contribution is -0.138. The average molecular weight is 335 g/mol. The number of rotatable bonds is 3. The molecule has 2 N–H and O–H groups in total. The predicted molar refractivity (Wildman–Crippen MR) is 94.4 cm³/mol. The van der Waals surface area contributed by atoms with Crippen molar-refractivity contribution in [1.29, 1.82) is 0 Å². The van der Waals surface area contributed by atoms with E-state index < -0.39 is 0 Å². The molecule has 1 heterocycles. The van der Waals surface area contributed by atoms with Crippen molar-refractivity contribution in [2.45, 2.75) is 76.4 Å². The highest BCUT2D eigenvalue weighted by atomic mass is 16.2. The van der Waals surface area contributed by atoms with Gasteiger partial charge in [-0.15, -0.1) is 0 Å². The molecule has 1 aliphatic heterocycles. The van der Waals surface area contributed by atoms with Gasteiger partial charge in [-0.05, 0) is 57.4 Å². The fraction of sp³-hybridized carbons (Fsp3) is 0.895. The highest BCUT2D eigenvalue weighted by molar-refractivity contribution is 5.90. The molecule has 0 bridgehead atoms. The summed E-state index contributed by atoms with van der Waals surface area (Å²) in [5.41, 5.74) is 0. The number of nitrogens with one attached hydrogen (secondary N) is 2. The Morgan fingerprint density at radius 2 is 1.62 bits per heavy atom. The van der Waals surface area contributed by atoms with Crippen molar-refractivity contribution in [1.82, 2.24) is 15.5 Å². The molecule has 0 spiro atoms. The Morgan fingerprint density at radius 3 is 2.29 bits per heavy atom. The topological polar surface area (TPSA) is 61.4 Å². The monoisotopic (exact) mass is 335 g/mol. The Balaban J connectivity index is 1.88. The molecule has 6 unspecified atom stereocenters. The summed E-state index contributed by atoms with van der Waals surface area (Å²) in [6, 6.07) is -0.231. The third kappa shape index (κ3) is 3.19. The van der Waals surface area contributed by atoms with Gasteiger partial charge in [-0.1, -0.05) is 25.7 Å². The Hall–Kier alpha value is -1.10. The molecule has 0 aromatic rings. The Bertz CT molecular complexity index is 481. The molecule has 5 nitrogen and oxygen atoms in total. The maximum absolute atomic E-state index is 13.2. The van der Waals surface area contributed by atoms with Gasteiger partial charge in [-0.25, -0.2) is 0 Å². The fourth-order valence-electron chi connectivity index (χ4n) is 5.40. The first kappa shape index (κ1) is 17.7. The number of likely N-dealkylation sites (N-methyl/N-ethyl adjacent to an activating group) is 2. The zero-order chi connectivity index (χ0) is 17.3. The van der Waals surface area contributed by atoms with Crippen molar-refractivity contribution in [3.8, 4) is 0 Å². The van der Waals surface area contributed by atoms with Crippen molar-refractivity contribution in [3.05, 3.63) is 0 Å². The van der Waals surface area contributed by atoms with E-state index >= 15 is 0 Å². The molecule has 2 saturated carbocycles. The van der Waals surface area contributed by atoms with Gasteiger partial charge in [0.1, 0.15) is 6.04 Å². The molecule has 5 heteroatoms. The molecule has 136 valence electrons. The van der Waals surface area contributed by atoms with Crippen LogP contribution in [0.25, 0.3) is 0 Å². The lowest BCUT2D eigenvalue weighted by Crippen LogP contribution is -2.55. The van der Waals surface area contributed by atoms with E-state index in [1.54, 1.807) is 7.05 Å². The normalized spacial score (nSPS) is 37.9. The molecule has 2 aliphatic carbocycles. The molecule has 3 rings (SSSR count). The van der Waals surface area contributed by atoms with Crippen LogP contribution in [-0.2, 0) is 9.59 Å². The van der Waals surface area contributed by atoms with E-state index in [1.165, 1.54) is 38.5 Å². The van der Waals surface area contributed by atoms with Crippen LogP contribution in [0.3, 0.4) is 0 Å². The molecule has 3 aliphatic rings. The largest absolute Gasteiger partial charge is 0.343 e. The highest BCUT2D eigenvalue weighted by Crippen LogP contribution is 2.46. The first-order valence-electron chi connectivity index (χ1n) is 9.79. The minimum Gasteiger partial charge on any atom is -0.343 e. The SMILES string of the molecule is CNC(C)C(=O)NC1C(=O)N(C)C2CCCCC2C2CCCCC12. The van der Waals surface area contributed by atoms with Crippen LogP contribution in [0.5, 0.6) is 0 Å². The average Bonchev–Trinajstić information content (AvgIpc) is 2.71. The summed E-state index contributed by atoms with van der Waals surface area (Å²) in [6.45, 7) is 1.85. The minimum absolute atomic E-state index is 0.0570. The van der Waals surface area contributed by atoms with Crippen LogP contribution in [0, 0.1) is 17.8 Å². The minimum atomic E-state index is -0.339. The molecule has 3 fully saturated rings. The summed E-state index contributed by atoms with van der Waals surface area (Å²) < 4.78 is 0. The van der Waals surface area contributed by atoms with Gasteiger partial charge in [0, 0.05) is 13.1 Å².